The van der Waals surface area contributed by atoms with E-state index in [1.165, 1.54) is 31.2 Å². The molecule has 0 aromatic heterocycles. The Hall–Kier alpha value is -3.84. The normalized spacial score (nSPS) is 23.1. The van der Waals surface area contributed by atoms with Crippen LogP contribution in [0, 0.1) is 17.7 Å². The summed E-state index contributed by atoms with van der Waals surface area (Å²) in [4.78, 5) is 41.0. The van der Waals surface area contributed by atoms with Gasteiger partial charge in [-0.15, -0.1) is 0 Å². The molecule has 1 fully saturated rings. The van der Waals surface area contributed by atoms with E-state index in [4.69, 9.17) is 0 Å². The molecule has 7 heteroatoms. The Kier molecular flexibility index (Phi) is 8.07. The van der Waals surface area contributed by atoms with Crippen molar-refractivity contribution in [2.75, 3.05) is 10.6 Å². The van der Waals surface area contributed by atoms with Crippen LogP contribution in [0.15, 0.2) is 72.8 Å². The van der Waals surface area contributed by atoms with E-state index < -0.39 is 46.8 Å². The number of anilines is 2. The molecule has 2 amide bonds. The molecule has 3 aromatic rings. The molecule has 4 unspecified atom stereocenters. The van der Waals surface area contributed by atoms with Gasteiger partial charge in [-0.05, 0) is 60.7 Å². The van der Waals surface area contributed by atoms with E-state index in [1.54, 1.807) is 24.3 Å². The number of aliphatic hydroxyl groups is 1. The number of amides is 2. The lowest BCUT2D eigenvalue weighted by Crippen LogP contribution is -2.56. The maximum absolute atomic E-state index is 13.9. The van der Waals surface area contributed by atoms with Gasteiger partial charge in [0.1, 0.15) is 17.5 Å². The van der Waals surface area contributed by atoms with Crippen molar-refractivity contribution in [3.8, 4) is 0 Å². The lowest BCUT2D eigenvalue weighted by molar-refractivity contribution is -0.150. The molecule has 0 heterocycles. The lowest BCUT2D eigenvalue weighted by atomic mass is 9.61. The summed E-state index contributed by atoms with van der Waals surface area (Å²) >= 11 is 0. The van der Waals surface area contributed by atoms with E-state index in [9.17, 15) is 23.9 Å². The van der Waals surface area contributed by atoms with Crippen LogP contribution in [0.4, 0.5) is 15.8 Å². The summed E-state index contributed by atoms with van der Waals surface area (Å²) in [5.41, 5.74) is 1.69. The van der Waals surface area contributed by atoms with Crippen LogP contribution >= 0.6 is 0 Å². The van der Waals surface area contributed by atoms with E-state index in [1.807, 2.05) is 38.1 Å². The van der Waals surface area contributed by atoms with Gasteiger partial charge >= 0.3 is 0 Å². The minimum absolute atomic E-state index is 0.369. The summed E-state index contributed by atoms with van der Waals surface area (Å²) in [6, 6.07) is 20.1. The van der Waals surface area contributed by atoms with Crippen molar-refractivity contribution in [2.45, 2.75) is 51.6 Å². The quantitative estimate of drug-likeness (QED) is 0.373. The topological polar surface area (TPSA) is 95.5 Å². The van der Waals surface area contributed by atoms with Gasteiger partial charge in [-0.25, -0.2) is 4.39 Å². The van der Waals surface area contributed by atoms with Crippen molar-refractivity contribution >= 4 is 29.0 Å². The predicted molar refractivity (Wildman–Crippen MR) is 145 cm³/mol. The molecule has 0 saturated heterocycles. The molecule has 6 nitrogen and oxygen atoms in total. The SMILES string of the molecule is CCc1ccccc1NC(=O)C1C(=O)CC(C)(O)C(C(=O)Nc2ccccc2CC)C1c1ccc(F)cc1. The first kappa shape index (κ1) is 27.2. The number of carbonyl (C=O) groups is 3. The van der Waals surface area contributed by atoms with E-state index in [2.05, 4.69) is 10.6 Å². The van der Waals surface area contributed by atoms with Crippen LogP contribution < -0.4 is 10.6 Å². The summed E-state index contributed by atoms with van der Waals surface area (Å²) in [5, 5.41) is 17.3. The second-order valence-electron chi connectivity index (χ2n) is 10.0. The van der Waals surface area contributed by atoms with Gasteiger partial charge in [-0.2, -0.15) is 0 Å². The average molecular weight is 517 g/mol. The first-order chi connectivity index (χ1) is 18.2. The molecule has 0 bridgehead atoms. The summed E-state index contributed by atoms with van der Waals surface area (Å²) in [6.07, 6.45) is 0.984. The predicted octanol–water partition coefficient (Wildman–Crippen LogP) is 5.27. The standard InChI is InChI=1S/C31H33FN2O4/c1-4-19-10-6-8-12-23(19)33-29(36)27-25(35)18-31(3,38)28(26(27)21-14-16-22(32)17-15-21)30(37)34-24-13-9-7-11-20(24)5-2/h6-17,26-28,38H,4-5,18H2,1-3H3,(H,33,36)(H,34,37). The van der Waals surface area contributed by atoms with E-state index in [-0.39, 0.29) is 6.42 Å². The maximum atomic E-state index is 13.9. The van der Waals surface area contributed by atoms with Crippen LogP contribution in [0.5, 0.6) is 0 Å². The van der Waals surface area contributed by atoms with Crippen LogP contribution in [0.1, 0.15) is 49.8 Å². The molecular formula is C31H33FN2O4. The molecule has 1 aliphatic carbocycles. The summed E-state index contributed by atoms with van der Waals surface area (Å²) in [7, 11) is 0. The number of halogens is 1. The zero-order valence-corrected chi connectivity index (χ0v) is 21.8. The Balaban J connectivity index is 1.78. The number of carbonyl (C=O) groups excluding carboxylic acids is 3. The fraction of sp³-hybridized carbons (Fsp3) is 0.323. The van der Waals surface area contributed by atoms with Gasteiger partial charge in [0.15, 0.2) is 0 Å². The molecule has 3 aromatic carbocycles. The fourth-order valence-corrected chi connectivity index (χ4v) is 5.50. The number of para-hydroxylation sites is 2. The summed E-state index contributed by atoms with van der Waals surface area (Å²) < 4.78 is 13.9. The third-order valence-corrected chi connectivity index (χ3v) is 7.40. The van der Waals surface area contributed by atoms with Gasteiger partial charge in [0.2, 0.25) is 11.8 Å². The highest BCUT2D eigenvalue weighted by Crippen LogP contribution is 2.46. The molecule has 1 aliphatic rings. The van der Waals surface area contributed by atoms with Crippen molar-refractivity contribution in [1.82, 2.24) is 0 Å². The third kappa shape index (κ3) is 5.53. The number of ketones is 1. The van der Waals surface area contributed by atoms with Crippen molar-refractivity contribution < 1.29 is 23.9 Å². The molecule has 0 aliphatic heterocycles. The molecular weight excluding hydrogens is 483 g/mol. The Labute approximate surface area is 222 Å². The first-order valence-electron chi connectivity index (χ1n) is 12.9. The van der Waals surface area contributed by atoms with Crippen LogP contribution in [-0.2, 0) is 27.2 Å². The number of hydrogen-bond acceptors (Lipinski definition) is 4. The second-order valence-corrected chi connectivity index (χ2v) is 10.0. The molecule has 3 N–H and O–H groups in total. The molecule has 0 radical (unpaired) electrons. The van der Waals surface area contributed by atoms with Crippen LogP contribution in [0.2, 0.25) is 0 Å². The number of rotatable bonds is 7. The smallest absolute Gasteiger partial charge is 0.235 e. The Bertz CT molecular complexity index is 1340. The minimum Gasteiger partial charge on any atom is -0.389 e. The largest absolute Gasteiger partial charge is 0.389 e. The fourth-order valence-electron chi connectivity index (χ4n) is 5.50. The van der Waals surface area contributed by atoms with Crippen molar-refractivity contribution in [3.05, 3.63) is 95.3 Å². The lowest BCUT2D eigenvalue weighted by Gasteiger charge is -2.44. The molecule has 4 atom stereocenters. The number of aryl methyl sites for hydroxylation is 2. The second kappa shape index (κ2) is 11.3. The highest BCUT2D eigenvalue weighted by Gasteiger charge is 2.56. The van der Waals surface area contributed by atoms with E-state index >= 15 is 0 Å². The number of nitrogens with one attached hydrogen (secondary N) is 2. The van der Waals surface area contributed by atoms with Crippen LogP contribution in [0.3, 0.4) is 0 Å². The zero-order valence-electron chi connectivity index (χ0n) is 21.8. The molecule has 198 valence electrons. The van der Waals surface area contributed by atoms with Gasteiger partial charge in [0.05, 0.1) is 11.5 Å². The molecule has 4 rings (SSSR count). The van der Waals surface area contributed by atoms with Crippen LogP contribution in [-0.4, -0.2) is 28.3 Å². The number of Topliss-reactive ketones (excluding diaryl/α,β-unsaturated/α-hetero) is 1. The Morgan fingerprint density at radius 2 is 1.37 bits per heavy atom. The van der Waals surface area contributed by atoms with Gasteiger partial charge in [-0.3, -0.25) is 14.4 Å². The van der Waals surface area contributed by atoms with Crippen molar-refractivity contribution in [3.63, 3.8) is 0 Å². The molecule has 0 spiro atoms. The number of hydrogen-bond donors (Lipinski definition) is 3. The Morgan fingerprint density at radius 3 is 1.89 bits per heavy atom. The maximum Gasteiger partial charge on any atom is 0.235 e. The molecule has 38 heavy (non-hydrogen) atoms. The van der Waals surface area contributed by atoms with Crippen LogP contribution in [0.25, 0.3) is 0 Å². The summed E-state index contributed by atoms with van der Waals surface area (Å²) in [6.45, 7) is 5.37. The highest BCUT2D eigenvalue weighted by atomic mass is 19.1. The first-order valence-corrected chi connectivity index (χ1v) is 12.9. The van der Waals surface area contributed by atoms with Gasteiger partial charge in [0, 0.05) is 23.7 Å². The average Bonchev–Trinajstić information content (AvgIpc) is 2.88. The third-order valence-electron chi connectivity index (χ3n) is 7.40. The minimum atomic E-state index is -1.74. The number of benzene rings is 3. The van der Waals surface area contributed by atoms with Crippen molar-refractivity contribution in [2.24, 2.45) is 11.8 Å². The van der Waals surface area contributed by atoms with E-state index in [0.29, 0.717) is 29.8 Å². The molecule has 1 saturated carbocycles. The van der Waals surface area contributed by atoms with Gasteiger partial charge < -0.3 is 15.7 Å². The van der Waals surface area contributed by atoms with Crippen molar-refractivity contribution in [1.29, 1.82) is 0 Å². The zero-order chi connectivity index (χ0) is 27.4. The monoisotopic (exact) mass is 516 g/mol. The van der Waals surface area contributed by atoms with Gasteiger partial charge in [-0.1, -0.05) is 62.4 Å². The summed E-state index contributed by atoms with van der Waals surface area (Å²) in [5.74, 6) is -5.48. The van der Waals surface area contributed by atoms with Gasteiger partial charge in [0.25, 0.3) is 0 Å². The highest BCUT2D eigenvalue weighted by molar-refractivity contribution is 6.10. The Morgan fingerprint density at radius 1 is 0.868 bits per heavy atom. The van der Waals surface area contributed by atoms with E-state index in [0.717, 1.165) is 11.1 Å².